The van der Waals surface area contributed by atoms with Crippen molar-refractivity contribution >= 4 is 5.91 Å². The normalized spacial score (nSPS) is 15.7. The third-order valence-electron chi connectivity index (χ3n) is 2.96. The number of hydrogen-bond acceptors (Lipinski definition) is 2. The van der Waals surface area contributed by atoms with Gasteiger partial charge in [-0.15, -0.1) is 0 Å². The zero-order valence-corrected chi connectivity index (χ0v) is 9.78. The van der Waals surface area contributed by atoms with E-state index in [1.165, 1.54) is 5.56 Å². The van der Waals surface area contributed by atoms with Gasteiger partial charge in [-0.2, -0.15) is 0 Å². The van der Waals surface area contributed by atoms with Gasteiger partial charge in [0, 0.05) is 39.1 Å². The summed E-state index contributed by atoms with van der Waals surface area (Å²) in [5.41, 5.74) is 1.22. The van der Waals surface area contributed by atoms with Crippen molar-refractivity contribution in [1.82, 2.24) is 14.8 Å². The Morgan fingerprint density at radius 2 is 2.19 bits per heavy atom. The first kappa shape index (κ1) is 11.2. The first-order valence-electron chi connectivity index (χ1n) is 5.85. The summed E-state index contributed by atoms with van der Waals surface area (Å²) in [4.78, 5) is 13.6. The number of likely N-dealkylation sites (tertiary alicyclic amines) is 1. The lowest BCUT2D eigenvalue weighted by molar-refractivity contribution is -0.129. The molecule has 1 aromatic rings. The Hall–Kier alpha value is -1.29. The summed E-state index contributed by atoms with van der Waals surface area (Å²) in [6.07, 6.45) is 6.39. The summed E-state index contributed by atoms with van der Waals surface area (Å²) in [5.74, 6) is 0.230. The lowest BCUT2D eigenvalue weighted by atomic mass is 10.3. The molecule has 0 radical (unpaired) electrons. The monoisotopic (exact) mass is 221 g/mol. The average Bonchev–Trinajstić information content (AvgIpc) is 2.89. The van der Waals surface area contributed by atoms with Crippen LogP contribution < -0.4 is 5.32 Å². The second-order valence-corrected chi connectivity index (χ2v) is 4.38. The van der Waals surface area contributed by atoms with Crippen molar-refractivity contribution in [2.24, 2.45) is 7.05 Å². The van der Waals surface area contributed by atoms with E-state index in [0.29, 0.717) is 6.54 Å². The Morgan fingerprint density at radius 1 is 1.44 bits per heavy atom. The molecule has 0 aromatic carbocycles. The van der Waals surface area contributed by atoms with Crippen LogP contribution in [0.1, 0.15) is 18.4 Å². The van der Waals surface area contributed by atoms with Gasteiger partial charge in [0.2, 0.25) is 5.91 Å². The molecule has 1 amide bonds. The first-order valence-corrected chi connectivity index (χ1v) is 5.85. The topological polar surface area (TPSA) is 37.3 Å². The highest BCUT2D eigenvalue weighted by atomic mass is 16.2. The van der Waals surface area contributed by atoms with Gasteiger partial charge in [0.1, 0.15) is 0 Å². The highest BCUT2D eigenvalue weighted by Crippen LogP contribution is 2.06. The zero-order chi connectivity index (χ0) is 11.4. The van der Waals surface area contributed by atoms with Gasteiger partial charge in [-0.1, -0.05) is 0 Å². The third-order valence-corrected chi connectivity index (χ3v) is 2.96. The molecule has 4 nitrogen and oxygen atoms in total. The van der Waals surface area contributed by atoms with Crippen LogP contribution in [-0.4, -0.2) is 35.0 Å². The smallest absolute Gasteiger partial charge is 0.236 e. The summed E-state index contributed by atoms with van der Waals surface area (Å²) < 4.78 is 2.01. The van der Waals surface area contributed by atoms with E-state index in [-0.39, 0.29) is 5.91 Å². The Bertz CT molecular complexity index is 353. The minimum absolute atomic E-state index is 0.230. The molecule has 0 unspecified atom stereocenters. The van der Waals surface area contributed by atoms with Crippen LogP contribution in [0, 0.1) is 0 Å². The number of amides is 1. The molecule has 88 valence electrons. The van der Waals surface area contributed by atoms with Gasteiger partial charge in [-0.05, 0) is 24.5 Å². The largest absolute Gasteiger partial charge is 0.357 e. The molecule has 0 spiro atoms. The SMILES string of the molecule is Cn1ccc(CNCC(=O)N2CCCC2)c1. The predicted molar refractivity (Wildman–Crippen MR) is 62.9 cm³/mol. The van der Waals surface area contributed by atoms with Crippen LogP contribution in [0.2, 0.25) is 0 Å². The van der Waals surface area contributed by atoms with Crippen molar-refractivity contribution in [2.75, 3.05) is 19.6 Å². The molecule has 4 heteroatoms. The van der Waals surface area contributed by atoms with E-state index >= 15 is 0 Å². The molecule has 2 heterocycles. The lowest BCUT2D eigenvalue weighted by Gasteiger charge is -2.15. The van der Waals surface area contributed by atoms with Gasteiger partial charge in [-0.3, -0.25) is 4.79 Å². The summed E-state index contributed by atoms with van der Waals surface area (Å²) in [7, 11) is 2.00. The fraction of sp³-hybridized carbons (Fsp3) is 0.583. The van der Waals surface area contributed by atoms with Crippen molar-refractivity contribution in [3.63, 3.8) is 0 Å². The standard InChI is InChI=1S/C12H19N3O/c1-14-7-4-11(10-14)8-13-9-12(16)15-5-2-3-6-15/h4,7,10,13H,2-3,5-6,8-9H2,1H3. The van der Waals surface area contributed by atoms with E-state index in [1.807, 2.05) is 22.7 Å². The number of hydrogen-bond donors (Lipinski definition) is 1. The molecule has 1 aliphatic rings. The maximum Gasteiger partial charge on any atom is 0.236 e. The Labute approximate surface area is 96.2 Å². The molecule has 1 N–H and O–H groups in total. The van der Waals surface area contributed by atoms with Gasteiger partial charge < -0.3 is 14.8 Å². The molecular weight excluding hydrogens is 202 g/mol. The Balaban J connectivity index is 1.69. The van der Waals surface area contributed by atoms with Crippen molar-refractivity contribution in [2.45, 2.75) is 19.4 Å². The molecular formula is C12H19N3O. The summed E-state index contributed by atoms with van der Waals surface area (Å²) in [6, 6.07) is 2.06. The van der Waals surface area contributed by atoms with Gasteiger partial charge in [0.15, 0.2) is 0 Å². The number of rotatable bonds is 4. The number of aryl methyl sites for hydroxylation is 1. The molecule has 0 saturated carbocycles. The molecule has 2 rings (SSSR count). The molecule has 0 atom stereocenters. The van der Waals surface area contributed by atoms with Crippen LogP contribution >= 0.6 is 0 Å². The van der Waals surface area contributed by atoms with Crippen LogP contribution in [0.4, 0.5) is 0 Å². The molecule has 0 bridgehead atoms. The lowest BCUT2D eigenvalue weighted by Crippen LogP contribution is -2.35. The van der Waals surface area contributed by atoms with E-state index in [2.05, 4.69) is 17.6 Å². The molecule has 1 aromatic heterocycles. The second-order valence-electron chi connectivity index (χ2n) is 4.38. The number of nitrogens with zero attached hydrogens (tertiary/aromatic N) is 2. The van der Waals surface area contributed by atoms with Crippen LogP contribution in [0.15, 0.2) is 18.5 Å². The van der Waals surface area contributed by atoms with Crippen molar-refractivity contribution < 1.29 is 4.79 Å². The number of carbonyl (C=O) groups excluding carboxylic acids is 1. The zero-order valence-electron chi connectivity index (χ0n) is 9.78. The van der Waals surface area contributed by atoms with Crippen LogP contribution in [-0.2, 0) is 18.4 Å². The van der Waals surface area contributed by atoms with Gasteiger partial charge in [-0.25, -0.2) is 0 Å². The fourth-order valence-corrected chi connectivity index (χ4v) is 2.06. The first-order chi connectivity index (χ1) is 7.75. The molecule has 1 saturated heterocycles. The van der Waals surface area contributed by atoms with Crippen molar-refractivity contribution in [3.05, 3.63) is 24.0 Å². The highest BCUT2D eigenvalue weighted by Gasteiger charge is 2.16. The summed E-state index contributed by atoms with van der Waals surface area (Å²) in [6.45, 7) is 3.09. The number of nitrogens with one attached hydrogen (secondary N) is 1. The van der Waals surface area contributed by atoms with E-state index in [9.17, 15) is 4.79 Å². The molecule has 1 aliphatic heterocycles. The van der Waals surface area contributed by atoms with E-state index in [4.69, 9.17) is 0 Å². The van der Waals surface area contributed by atoms with Gasteiger partial charge in [0.05, 0.1) is 6.54 Å². The van der Waals surface area contributed by atoms with Crippen molar-refractivity contribution in [1.29, 1.82) is 0 Å². The Morgan fingerprint density at radius 3 is 2.81 bits per heavy atom. The van der Waals surface area contributed by atoms with Crippen LogP contribution in [0.3, 0.4) is 0 Å². The molecule has 0 aliphatic carbocycles. The van der Waals surface area contributed by atoms with Crippen molar-refractivity contribution in [3.8, 4) is 0 Å². The van der Waals surface area contributed by atoms with E-state index < -0.39 is 0 Å². The van der Waals surface area contributed by atoms with Gasteiger partial charge >= 0.3 is 0 Å². The third kappa shape index (κ3) is 2.85. The van der Waals surface area contributed by atoms with Gasteiger partial charge in [0.25, 0.3) is 0 Å². The number of carbonyl (C=O) groups is 1. The second kappa shape index (κ2) is 5.16. The minimum atomic E-state index is 0.230. The van der Waals surface area contributed by atoms with Crippen LogP contribution in [0.25, 0.3) is 0 Å². The minimum Gasteiger partial charge on any atom is -0.357 e. The number of aromatic nitrogens is 1. The average molecular weight is 221 g/mol. The maximum absolute atomic E-state index is 11.7. The Kier molecular flexibility index (Phi) is 3.62. The summed E-state index contributed by atoms with van der Waals surface area (Å²) in [5, 5.41) is 3.19. The van der Waals surface area contributed by atoms with Crippen LogP contribution in [0.5, 0.6) is 0 Å². The van der Waals surface area contributed by atoms with E-state index in [0.717, 1.165) is 32.5 Å². The fourth-order valence-electron chi connectivity index (χ4n) is 2.06. The molecule has 16 heavy (non-hydrogen) atoms. The quantitative estimate of drug-likeness (QED) is 0.814. The highest BCUT2D eigenvalue weighted by molar-refractivity contribution is 5.78. The van der Waals surface area contributed by atoms with E-state index in [1.54, 1.807) is 0 Å². The summed E-state index contributed by atoms with van der Waals surface area (Å²) >= 11 is 0. The molecule has 1 fully saturated rings. The predicted octanol–water partition coefficient (Wildman–Crippen LogP) is 0.737. The maximum atomic E-state index is 11.7.